The van der Waals surface area contributed by atoms with Gasteiger partial charge in [-0.25, -0.2) is 0 Å². The lowest BCUT2D eigenvalue weighted by Gasteiger charge is -2.31. The first-order valence-electron chi connectivity index (χ1n) is 8.74. The third-order valence-electron chi connectivity index (χ3n) is 4.62. The average molecular weight is 357 g/mol. The van der Waals surface area contributed by atoms with Gasteiger partial charge in [0.2, 0.25) is 5.91 Å². The Morgan fingerprint density at radius 2 is 1.96 bits per heavy atom. The van der Waals surface area contributed by atoms with Crippen LogP contribution in [0.3, 0.4) is 0 Å². The third-order valence-corrected chi connectivity index (χ3v) is 4.62. The summed E-state index contributed by atoms with van der Waals surface area (Å²) in [7, 11) is 3.29. The summed E-state index contributed by atoms with van der Waals surface area (Å²) in [5.74, 6) is 2.22. The fourth-order valence-corrected chi connectivity index (χ4v) is 3.14. The Morgan fingerprint density at radius 3 is 2.62 bits per heavy atom. The standard InChI is InChI=1S/C20H24N2O4/c1-24-18-7-5-16(14-19(18)25-2)15-21-9-11-22(12-10-21)20(23)8-6-17-4-3-13-26-17/h3-8,13-14H,9-12,15H2,1-2H3/p+1/b8-6+. The molecule has 1 aromatic heterocycles. The minimum atomic E-state index is 0.0339. The van der Waals surface area contributed by atoms with Gasteiger partial charge in [0.15, 0.2) is 11.5 Å². The molecule has 6 heteroatoms. The highest BCUT2D eigenvalue weighted by Crippen LogP contribution is 2.27. The molecule has 0 radical (unpaired) electrons. The zero-order chi connectivity index (χ0) is 18.4. The van der Waals surface area contributed by atoms with Crippen LogP contribution < -0.4 is 14.4 Å². The van der Waals surface area contributed by atoms with Crippen LogP contribution >= 0.6 is 0 Å². The zero-order valence-electron chi connectivity index (χ0n) is 15.2. The van der Waals surface area contributed by atoms with Crippen LogP contribution in [0.1, 0.15) is 11.3 Å². The van der Waals surface area contributed by atoms with Gasteiger partial charge >= 0.3 is 0 Å². The Hall–Kier alpha value is -2.73. The lowest BCUT2D eigenvalue weighted by molar-refractivity contribution is -0.917. The number of rotatable bonds is 6. The molecule has 3 rings (SSSR count). The van der Waals surface area contributed by atoms with Crippen molar-refractivity contribution in [2.24, 2.45) is 0 Å². The number of quaternary nitrogens is 1. The van der Waals surface area contributed by atoms with Gasteiger partial charge in [-0.15, -0.1) is 0 Å². The van der Waals surface area contributed by atoms with Crippen molar-refractivity contribution in [3.05, 3.63) is 54.0 Å². The van der Waals surface area contributed by atoms with Crippen molar-refractivity contribution in [3.63, 3.8) is 0 Å². The molecule has 0 aliphatic carbocycles. The second-order valence-corrected chi connectivity index (χ2v) is 6.29. The molecule has 1 aliphatic rings. The molecule has 1 aromatic carbocycles. The van der Waals surface area contributed by atoms with E-state index in [0.717, 1.165) is 44.2 Å². The number of ether oxygens (including phenoxy) is 2. The van der Waals surface area contributed by atoms with E-state index in [1.807, 2.05) is 23.1 Å². The van der Waals surface area contributed by atoms with Gasteiger partial charge in [0.1, 0.15) is 12.3 Å². The first kappa shape index (κ1) is 18.1. The quantitative estimate of drug-likeness (QED) is 0.791. The third kappa shape index (κ3) is 4.46. The van der Waals surface area contributed by atoms with E-state index in [-0.39, 0.29) is 5.91 Å². The highest BCUT2D eigenvalue weighted by Gasteiger charge is 2.22. The van der Waals surface area contributed by atoms with Crippen molar-refractivity contribution in [2.75, 3.05) is 40.4 Å². The molecule has 0 unspecified atom stereocenters. The second-order valence-electron chi connectivity index (χ2n) is 6.29. The van der Waals surface area contributed by atoms with E-state index in [4.69, 9.17) is 13.9 Å². The number of benzene rings is 1. The molecule has 0 saturated carbocycles. The highest BCUT2D eigenvalue weighted by molar-refractivity contribution is 5.91. The van der Waals surface area contributed by atoms with Gasteiger partial charge in [0.05, 0.1) is 46.7 Å². The average Bonchev–Trinajstić information content (AvgIpc) is 3.20. The minimum Gasteiger partial charge on any atom is -0.493 e. The van der Waals surface area contributed by atoms with Gasteiger partial charge in [-0.1, -0.05) is 0 Å². The van der Waals surface area contributed by atoms with Gasteiger partial charge in [0, 0.05) is 11.6 Å². The largest absolute Gasteiger partial charge is 0.493 e. The topological polar surface area (TPSA) is 56.4 Å². The van der Waals surface area contributed by atoms with Crippen LogP contribution in [0.15, 0.2) is 47.1 Å². The molecule has 1 N–H and O–H groups in total. The Morgan fingerprint density at radius 1 is 1.19 bits per heavy atom. The van der Waals surface area contributed by atoms with Gasteiger partial charge in [-0.2, -0.15) is 0 Å². The number of carbonyl (C=O) groups is 1. The van der Waals surface area contributed by atoms with Crippen molar-refractivity contribution in [2.45, 2.75) is 6.54 Å². The van der Waals surface area contributed by atoms with Crippen LogP contribution in [-0.4, -0.2) is 51.2 Å². The number of nitrogens with one attached hydrogen (secondary N) is 1. The summed E-state index contributed by atoms with van der Waals surface area (Å²) in [4.78, 5) is 15.6. The Balaban J connectivity index is 1.51. The molecule has 1 saturated heterocycles. The molecule has 1 aliphatic heterocycles. The molecule has 0 atom stereocenters. The van der Waals surface area contributed by atoms with E-state index in [1.165, 1.54) is 10.5 Å². The van der Waals surface area contributed by atoms with Crippen LogP contribution in [0, 0.1) is 0 Å². The van der Waals surface area contributed by atoms with Crippen molar-refractivity contribution in [1.82, 2.24) is 4.90 Å². The van der Waals surface area contributed by atoms with Crippen LogP contribution in [0.5, 0.6) is 11.5 Å². The lowest BCUT2D eigenvalue weighted by Crippen LogP contribution is -3.13. The monoisotopic (exact) mass is 357 g/mol. The molecule has 1 amide bonds. The Kier molecular flexibility index (Phi) is 5.96. The fraction of sp³-hybridized carbons (Fsp3) is 0.350. The molecule has 2 heterocycles. The molecule has 138 valence electrons. The highest BCUT2D eigenvalue weighted by atomic mass is 16.5. The van der Waals surface area contributed by atoms with E-state index in [9.17, 15) is 4.79 Å². The van der Waals surface area contributed by atoms with E-state index in [0.29, 0.717) is 5.76 Å². The summed E-state index contributed by atoms with van der Waals surface area (Å²) in [6, 6.07) is 9.66. The molecule has 1 fully saturated rings. The van der Waals surface area contributed by atoms with Gasteiger partial charge in [-0.3, -0.25) is 4.79 Å². The predicted molar refractivity (Wildman–Crippen MR) is 98.3 cm³/mol. The molecule has 26 heavy (non-hydrogen) atoms. The van der Waals surface area contributed by atoms with E-state index in [2.05, 4.69) is 6.07 Å². The smallest absolute Gasteiger partial charge is 0.247 e. The summed E-state index contributed by atoms with van der Waals surface area (Å²) < 4.78 is 15.9. The van der Waals surface area contributed by atoms with Gasteiger partial charge < -0.3 is 23.7 Å². The van der Waals surface area contributed by atoms with Crippen molar-refractivity contribution >= 4 is 12.0 Å². The number of piperazine rings is 1. The second kappa shape index (κ2) is 8.58. The fourth-order valence-electron chi connectivity index (χ4n) is 3.14. The minimum absolute atomic E-state index is 0.0339. The Bertz CT molecular complexity index is 747. The lowest BCUT2D eigenvalue weighted by atomic mass is 10.1. The first-order valence-corrected chi connectivity index (χ1v) is 8.74. The number of amides is 1. The maximum absolute atomic E-state index is 12.3. The van der Waals surface area contributed by atoms with Crippen LogP contribution in [0.4, 0.5) is 0 Å². The molecule has 2 aromatic rings. The van der Waals surface area contributed by atoms with E-state index in [1.54, 1.807) is 38.7 Å². The van der Waals surface area contributed by atoms with Crippen LogP contribution in [0.25, 0.3) is 6.08 Å². The summed E-state index contributed by atoms with van der Waals surface area (Å²) in [6.07, 6.45) is 4.89. The molecule has 6 nitrogen and oxygen atoms in total. The normalized spacial score (nSPS) is 15.4. The number of methoxy groups -OCH3 is 2. The Labute approximate surface area is 153 Å². The number of hydrogen-bond donors (Lipinski definition) is 1. The van der Waals surface area contributed by atoms with Gasteiger partial charge in [-0.05, 0) is 36.4 Å². The van der Waals surface area contributed by atoms with Crippen LogP contribution in [0.2, 0.25) is 0 Å². The first-order chi connectivity index (χ1) is 12.7. The molecule has 0 bridgehead atoms. The number of hydrogen-bond acceptors (Lipinski definition) is 4. The zero-order valence-corrected chi connectivity index (χ0v) is 15.2. The van der Waals surface area contributed by atoms with Crippen molar-refractivity contribution < 1.29 is 23.6 Å². The van der Waals surface area contributed by atoms with Crippen molar-refractivity contribution in [1.29, 1.82) is 0 Å². The molecular weight excluding hydrogens is 332 g/mol. The predicted octanol–water partition coefficient (Wildman–Crippen LogP) is 1.24. The van der Waals surface area contributed by atoms with Crippen LogP contribution in [-0.2, 0) is 11.3 Å². The summed E-state index contributed by atoms with van der Waals surface area (Å²) in [5, 5.41) is 0. The van der Waals surface area contributed by atoms with E-state index >= 15 is 0 Å². The summed E-state index contributed by atoms with van der Waals surface area (Å²) >= 11 is 0. The number of furan rings is 1. The van der Waals surface area contributed by atoms with Crippen molar-refractivity contribution in [3.8, 4) is 11.5 Å². The number of nitrogens with zero attached hydrogens (tertiary/aromatic N) is 1. The number of carbonyl (C=O) groups excluding carboxylic acids is 1. The maximum Gasteiger partial charge on any atom is 0.247 e. The molecular formula is C20H25N2O4+. The summed E-state index contributed by atoms with van der Waals surface area (Å²) in [5.41, 5.74) is 1.20. The SMILES string of the molecule is COc1ccc(C[NH+]2CCN(C(=O)/C=C/c3ccco3)CC2)cc1OC. The molecule has 0 spiro atoms. The van der Waals surface area contributed by atoms with E-state index < -0.39 is 0 Å². The van der Waals surface area contributed by atoms with Gasteiger partial charge in [0.25, 0.3) is 0 Å². The summed E-state index contributed by atoms with van der Waals surface area (Å²) in [6.45, 7) is 4.27. The maximum atomic E-state index is 12.3.